The smallest absolute Gasteiger partial charge is 0.135 e. The molecule has 0 saturated carbocycles. The summed E-state index contributed by atoms with van der Waals surface area (Å²) in [5, 5.41) is 0. The lowest BCUT2D eigenvalue weighted by Crippen LogP contribution is -2.15. The highest BCUT2D eigenvalue weighted by atomic mass is 16.5. The molecule has 0 aromatic carbocycles. The van der Waals surface area contributed by atoms with Gasteiger partial charge in [-0.25, -0.2) is 0 Å². The van der Waals surface area contributed by atoms with Gasteiger partial charge >= 0.3 is 0 Å². The van der Waals surface area contributed by atoms with Crippen LogP contribution < -0.4 is 0 Å². The van der Waals surface area contributed by atoms with E-state index in [1.165, 1.54) is 0 Å². The molecule has 2 nitrogen and oxygen atoms in total. The minimum Gasteiger partial charge on any atom is -0.378 e. The van der Waals surface area contributed by atoms with Crippen molar-refractivity contribution in [3.05, 3.63) is 0 Å². The van der Waals surface area contributed by atoms with Crippen LogP contribution in [0.15, 0.2) is 0 Å². The molecule has 0 N–H and O–H groups in total. The number of rotatable bonds is 4. The molecule has 2 heteroatoms. The number of hydrogen-bond acceptors (Lipinski definition) is 2. The molecule has 0 aromatic heterocycles. The summed E-state index contributed by atoms with van der Waals surface area (Å²) in [5.74, 6) is 0.367. The fraction of sp³-hybridized carbons (Fsp3) is 0.917. The summed E-state index contributed by atoms with van der Waals surface area (Å²) >= 11 is 0. The second-order valence-corrected chi connectivity index (χ2v) is 5.44. The van der Waals surface area contributed by atoms with E-state index in [-0.39, 0.29) is 11.5 Å². The van der Waals surface area contributed by atoms with Gasteiger partial charge in [0, 0.05) is 19.4 Å². The van der Waals surface area contributed by atoms with Crippen molar-refractivity contribution in [1.82, 2.24) is 0 Å². The molecule has 0 bridgehead atoms. The normalized spacial score (nSPS) is 22.6. The van der Waals surface area contributed by atoms with Gasteiger partial charge in [-0.15, -0.1) is 0 Å². The van der Waals surface area contributed by atoms with Crippen LogP contribution in [0.3, 0.4) is 0 Å². The third-order valence-electron chi connectivity index (χ3n) is 2.63. The third-order valence-corrected chi connectivity index (χ3v) is 2.63. The van der Waals surface area contributed by atoms with E-state index in [0.29, 0.717) is 18.6 Å². The van der Waals surface area contributed by atoms with Crippen LogP contribution in [0.5, 0.6) is 0 Å². The van der Waals surface area contributed by atoms with E-state index in [4.69, 9.17) is 4.74 Å². The Labute approximate surface area is 87.0 Å². The van der Waals surface area contributed by atoms with Crippen molar-refractivity contribution < 1.29 is 9.53 Å². The Balaban J connectivity index is 2.15. The highest BCUT2D eigenvalue weighted by Crippen LogP contribution is 2.22. The van der Waals surface area contributed by atoms with Crippen molar-refractivity contribution >= 4 is 5.78 Å². The summed E-state index contributed by atoms with van der Waals surface area (Å²) in [4.78, 5) is 11.6. The molecule has 1 aliphatic heterocycles. The van der Waals surface area contributed by atoms with Gasteiger partial charge in [0.05, 0.1) is 6.10 Å². The predicted octanol–water partition coefficient (Wildman–Crippen LogP) is 2.95. The lowest BCUT2D eigenvalue weighted by molar-refractivity contribution is -0.121. The lowest BCUT2D eigenvalue weighted by atomic mass is 9.89. The first kappa shape index (κ1) is 11.7. The van der Waals surface area contributed by atoms with Gasteiger partial charge in [-0.2, -0.15) is 0 Å². The Hall–Kier alpha value is -0.370. The quantitative estimate of drug-likeness (QED) is 0.694. The first-order valence-electron chi connectivity index (χ1n) is 5.61. The maximum absolute atomic E-state index is 11.6. The first-order valence-corrected chi connectivity index (χ1v) is 5.61. The van der Waals surface area contributed by atoms with Crippen LogP contribution >= 0.6 is 0 Å². The number of ketones is 1. The molecule has 1 fully saturated rings. The van der Waals surface area contributed by atoms with Gasteiger partial charge in [0.15, 0.2) is 0 Å². The van der Waals surface area contributed by atoms with Gasteiger partial charge in [0.25, 0.3) is 0 Å². The van der Waals surface area contributed by atoms with Crippen LogP contribution in [0.1, 0.15) is 52.9 Å². The minimum atomic E-state index is 0.225. The Morgan fingerprint density at radius 3 is 2.64 bits per heavy atom. The monoisotopic (exact) mass is 198 g/mol. The molecule has 1 rings (SSSR count). The van der Waals surface area contributed by atoms with Crippen LogP contribution in [0, 0.1) is 5.41 Å². The summed E-state index contributed by atoms with van der Waals surface area (Å²) in [6, 6.07) is 0. The van der Waals surface area contributed by atoms with Gasteiger partial charge in [-0.1, -0.05) is 20.8 Å². The van der Waals surface area contributed by atoms with E-state index in [0.717, 1.165) is 25.9 Å². The summed E-state index contributed by atoms with van der Waals surface area (Å²) in [7, 11) is 0. The topological polar surface area (TPSA) is 26.3 Å². The molecule has 1 unspecified atom stereocenters. The zero-order chi connectivity index (χ0) is 10.6. The van der Waals surface area contributed by atoms with Gasteiger partial charge < -0.3 is 4.74 Å². The molecule has 14 heavy (non-hydrogen) atoms. The Morgan fingerprint density at radius 1 is 1.43 bits per heavy atom. The van der Waals surface area contributed by atoms with Crippen molar-refractivity contribution in [2.75, 3.05) is 6.61 Å². The van der Waals surface area contributed by atoms with Gasteiger partial charge in [-0.3, -0.25) is 4.79 Å². The van der Waals surface area contributed by atoms with E-state index in [9.17, 15) is 4.79 Å². The SMILES string of the molecule is CC(C)(C)CCC(=O)CC1CCCO1. The summed E-state index contributed by atoms with van der Waals surface area (Å²) < 4.78 is 5.43. The van der Waals surface area contributed by atoms with Gasteiger partial charge in [-0.05, 0) is 24.7 Å². The molecule has 1 aliphatic rings. The van der Waals surface area contributed by atoms with Crippen LogP contribution in [0.4, 0.5) is 0 Å². The number of hydrogen-bond donors (Lipinski definition) is 0. The molecular weight excluding hydrogens is 176 g/mol. The molecule has 0 radical (unpaired) electrons. The van der Waals surface area contributed by atoms with E-state index < -0.39 is 0 Å². The molecular formula is C12H22O2. The minimum absolute atomic E-state index is 0.225. The predicted molar refractivity (Wildman–Crippen MR) is 57.3 cm³/mol. The molecule has 0 aromatic rings. The standard InChI is InChI=1S/C12H22O2/c1-12(2,3)7-6-10(13)9-11-5-4-8-14-11/h11H,4-9H2,1-3H3. The second kappa shape index (κ2) is 4.92. The van der Waals surface area contributed by atoms with Gasteiger partial charge in [0.1, 0.15) is 5.78 Å². The average Bonchev–Trinajstić information content (AvgIpc) is 2.52. The lowest BCUT2D eigenvalue weighted by Gasteiger charge is -2.17. The molecule has 0 aliphatic carbocycles. The zero-order valence-corrected chi connectivity index (χ0v) is 9.64. The Kier molecular flexibility index (Phi) is 4.11. The van der Waals surface area contributed by atoms with Crippen molar-refractivity contribution in [2.45, 2.75) is 59.0 Å². The fourth-order valence-corrected chi connectivity index (χ4v) is 1.68. The largest absolute Gasteiger partial charge is 0.378 e. The maximum Gasteiger partial charge on any atom is 0.135 e. The second-order valence-electron chi connectivity index (χ2n) is 5.44. The van der Waals surface area contributed by atoms with Crippen LogP contribution in [-0.2, 0) is 9.53 Å². The molecule has 1 heterocycles. The molecule has 82 valence electrons. The molecule has 0 spiro atoms. The van der Waals surface area contributed by atoms with Crippen molar-refractivity contribution in [2.24, 2.45) is 5.41 Å². The summed E-state index contributed by atoms with van der Waals surface area (Å²) in [5.41, 5.74) is 0.270. The van der Waals surface area contributed by atoms with Crippen LogP contribution in [-0.4, -0.2) is 18.5 Å². The number of Topliss-reactive ketones (excluding diaryl/α,β-unsaturated/α-hetero) is 1. The van der Waals surface area contributed by atoms with Crippen molar-refractivity contribution in [3.8, 4) is 0 Å². The highest BCUT2D eigenvalue weighted by Gasteiger charge is 2.20. The molecule has 0 amide bonds. The van der Waals surface area contributed by atoms with Crippen molar-refractivity contribution in [1.29, 1.82) is 0 Å². The maximum atomic E-state index is 11.6. The average molecular weight is 198 g/mol. The van der Waals surface area contributed by atoms with E-state index in [1.54, 1.807) is 0 Å². The summed E-state index contributed by atoms with van der Waals surface area (Å²) in [6.07, 6.45) is 4.75. The zero-order valence-electron chi connectivity index (χ0n) is 9.64. The Bertz CT molecular complexity index is 185. The van der Waals surface area contributed by atoms with Crippen LogP contribution in [0.25, 0.3) is 0 Å². The fourth-order valence-electron chi connectivity index (χ4n) is 1.68. The number of carbonyl (C=O) groups excluding carboxylic acids is 1. The highest BCUT2D eigenvalue weighted by molar-refractivity contribution is 5.78. The van der Waals surface area contributed by atoms with E-state index in [1.807, 2.05) is 0 Å². The first-order chi connectivity index (χ1) is 6.47. The van der Waals surface area contributed by atoms with Gasteiger partial charge in [0.2, 0.25) is 0 Å². The Morgan fingerprint density at radius 2 is 2.14 bits per heavy atom. The summed E-state index contributed by atoms with van der Waals surface area (Å²) in [6.45, 7) is 7.36. The third kappa shape index (κ3) is 4.75. The van der Waals surface area contributed by atoms with Crippen molar-refractivity contribution in [3.63, 3.8) is 0 Å². The van der Waals surface area contributed by atoms with E-state index in [2.05, 4.69) is 20.8 Å². The van der Waals surface area contributed by atoms with Crippen LogP contribution in [0.2, 0.25) is 0 Å². The molecule has 1 saturated heterocycles. The molecule has 1 atom stereocenters. The van der Waals surface area contributed by atoms with E-state index >= 15 is 0 Å². The number of carbonyl (C=O) groups is 1. The number of ether oxygens (including phenoxy) is 1.